The standard InChI is InChI=1S/C6H11BrN2O2S/c1-6(5-8)12(10,11)9(2)4-3-7/h6H,3-4H2,1-2H3. The summed E-state index contributed by atoms with van der Waals surface area (Å²) in [5.74, 6) is 0. The van der Waals surface area contributed by atoms with Gasteiger partial charge in [0, 0.05) is 18.9 Å². The molecular weight excluding hydrogens is 244 g/mol. The van der Waals surface area contributed by atoms with Crippen molar-refractivity contribution in [2.24, 2.45) is 0 Å². The van der Waals surface area contributed by atoms with Crippen LogP contribution in [0, 0.1) is 11.3 Å². The number of alkyl halides is 1. The molecule has 0 aromatic heterocycles. The molecule has 0 heterocycles. The minimum atomic E-state index is -3.41. The zero-order valence-corrected chi connectivity index (χ0v) is 9.39. The lowest BCUT2D eigenvalue weighted by Crippen LogP contribution is -2.35. The maximum Gasteiger partial charge on any atom is 0.229 e. The average molecular weight is 255 g/mol. The summed E-state index contributed by atoms with van der Waals surface area (Å²) in [6.07, 6.45) is 0. The van der Waals surface area contributed by atoms with Crippen LogP contribution in [0.15, 0.2) is 0 Å². The van der Waals surface area contributed by atoms with E-state index in [1.165, 1.54) is 18.3 Å². The summed E-state index contributed by atoms with van der Waals surface area (Å²) in [7, 11) is -1.95. The molecule has 0 fully saturated rings. The SMILES string of the molecule is CC(C#N)S(=O)(=O)N(C)CCBr. The molecular formula is C6H11BrN2O2S. The fourth-order valence-electron chi connectivity index (χ4n) is 0.583. The predicted molar refractivity (Wildman–Crippen MR) is 50.4 cm³/mol. The molecule has 6 heteroatoms. The molecule has 12 heavy (non-hydrogen) atoms. The van der Waals surface area contributed by atoms with Gasteiger partial charge < -0.3 is 0 Å². The van der Waals surface area contributed by atoms with Gasteiger partial charge in [-0.1, -0.05) is 15.9 Å². The van der Waals surface area contributed by atoms with Crippen molar-refractivity contribution in [3.63, 3.8) is 0 Å². The Hall–Kier alpha value is -0.120. The van der Waals surface area contributed by atoms with Gasteiger partial charge >= 0.3 is 0 Å². The highest BCUT2D eigenvalue weighted by Crippen LogP contribution is 2.05. The first-order valence-electron chi connectivity index (χ1n) is 3.37. The Morgan fingerprint density at radius 2 is 2.17 bits per heavy atom. The summed E-state index contributed by atoms with van der Waals surface area (Å²) in [5, 5.41) is 8.02. The van der Waals surface area contributed by atoms with Gasteiger partial charge in [0.2, 0.25) is 10.0 Å². The van der Waals surface area contributed by atoms with E-state index >= 15 is 0 Å². The number of rotatable bonds is 4. The topological polar surface area (TPSA) is 61.2 Å². The summed E-state index contributed by atoms with van der Waals surface area (Å²) in [5.41, 5.74) is 0. The van der Waals surface area contributed by atoms with Gasteiger partial charge in [0.25, 0.3) is 0 Å². The maximum atomic E-state index is 11.3. The normalized spacial score (nSPS) is 14.2. The van der Waals surface area contributed by atoms with E-state index in [2.05, 4.69) is 15.9 Å². The molecule has 0 saturated carbocycles. The molecule has 0 rings (SSSR count). The van der Waals surface area contributed by atoms with Crippen molar-refractivity contribution in [2.45, 2.75) is 12.2 Å². The van der Waals surface area contributed by atoms with E-state index in [4.69, 9.17) is 5.26 Å². The molecule has 1 unspecified atom stereocenters. The Morgan fingerprint density at radius 1 is 1.67 bits per heavy atom. The first-order valence-corrected chi connectivity index (χ1v) is 6.00. The van der Waals surface area contributed by atoms with E-state index in [1.54, 1.807) is 6.07 Å². The molecule has 0 amide bonds. The summed E-state index contributed by atoms with van der Waals surface area (Å²) in [4.78, 5) is 0. The highest BCUT2D eigenvalue weighted by molar-refractivity contribution is 9.09. The average Bonchev–Trinajstić information content (AvgIpc) is 2.03. The Morgan fingerprint density at radius 3 is 2.50 bits per heavy atom. The number of sulfonamides is 1. The molecule has 0 saturated heterocycles. The summed E-state index contributed by atoms with van der Waals surface area (Å²) < 4.78 is 23.8. The van der Waals surface area contributed by atoms with Crippen LogP contribution in [0.4, 0.5) is 0 Å². The molecule has 0 N–H and O–H groups in total. The molecule has 0 aliphatic heterocycles. The monoisotopic (exact) mass is 254 g/mol. The minimum absolute atomic E-state index is 0.383. The maximum absolute atomic E-state index is 11.3. The summed E-state index contributed by atoms with van der Waals surface area (Å²) in [6, 6.07) is 1.70. The van der Waals surface area contributed by atoms with Crippen LogP contribution in [0.5, 0.6) is 0 Å². The van der Waals surface area contributed by atoms with Crippen LogP contribution in [0.3, 0.4) is 0 Å². The summed E-state index contributed by atoms with van der Waals surface area (Å²) in [6.45, 7) is 1.76. The fourth-order valence-corrected chi connectivity index (χ4v) is 2.37. The third kappa shape index (κ3) is 2.73. The lowest BCUT2D eigenvalue weighted by Gasteiger charge is -2.16. The largest absolute Gasteiger partial charge is 0.229 e. The molecule has 1 atom stereocenters. The molecule has 0 spiro atoms. The van der Waals surface area contributed by atoms with Gasteiger partial charge in [-0.2, -0.15) is 5.26 Å². The van der Waals surface area contributed by atoms with Crippen molar-refractivity contribution in [1.29, 1.82) is 5.26 Å². The lowest BCUT2D eigenvalue weighted by molar-refractivity contribution is 0.485. The smallest absolute Gasteiger partial charge is 0.211 e. The van der Waals surface area contributed by atoms with Crippen molar-refractivity contribution in [2.75, 3.05) is 18.9 Å². The van der Waals surface area contributed by atoms with Crippen LogP contribution in [0.25, 0.3) is 0 Å². The second-order valence-corrected chi connectivity index (χ2v) is 5.48. The van der Waals surface area contributed by atoms with Crippen LogP contribution in [-0.2, 0) is 10.0 Å². The molecule has 0 aromatic rings. The fraction of sp³-hybridized carbons (Fsp3) is 0.833. The van der Waals surface area contributed by atoms with Gasteiger partial charge in [-0.15, -0.1) is 0 Å². The third-order valence-corrected chi connectivity index (χ3v) is 3.87. The van der Waals surface area contributed by atoms with Gasteiger partial charge in [-0.05, 0) is 6.92 Å². The molecule has 0 radical (unpaired) electrons. The van der Waals surface area contributed by atoms with E-state index in [0.29, 0.717) is 11.9 Å². The minimum Gasteiger partial charge on any atom is -0.211 e. The first-order chi connectivity index (χ1) is 5.46. The lowest BCUT2D eigenvalue weighted by atomic mass is 10.5. The van der Waals surface area contributed by atoms with Crippen LogP contribution >= 0.6 is 15.9 Å². The van der Waals surface area contributed by atoms with E-state index < -0.39 is 15.3 Å². The highest BCUT2D eigenvalue weighted by Gasteiger charge is 2.24. The van der Waals surface area contributed by atoms with Gasteiger partial charge in [0.1, 0.15) is 0 Å². The third-order valence-electron chi connectivity index (χ3n) is 1.46. The Labute approximate surface area is 81.3 Å². The van der Waals surface area contributed by atoms with Gasteiger partial charge in [-0.3, -0.25) is 0 Å². The molecule has 4 nitrogen and oxygen atoms in total. The number of hydrogen-bond acceptors (Lipinski definition) is 3. The van der Waals surface area contributed by atoms with Crippen molar-refractivity contribution < 1.29 is 8.42 Å². The first kappa shape index (κ1) is 11.9. The van der Waals surface area contributed by atoms with E-state index in [0.717, 1.165) is 0 Å². The van der Waals surface area contributed by atoms with E-state index in [-0.39, 0.29) is 0 Å². The van der Waals surface area contributed by atoms with E-state index in [9.17, 15) is 8.42 Å². The second kappa shape index (κ2) is 4.80. The zero-order chi connectivity index (χ0) is 9.78. The van der Waals surface area contributed by atoms with E-state index in [1.807, 2.05) is 0 Å². The quantitative estimate of drug-likeness (QED) is 0.689. The van der Waals surface area contributed by atoms with Crippen molar-refractivity contribution in [1.82, 2.24) is 4.31 Å². The van der Waals surface area contributed by atoms with Crippen LogP contribution < -0.4 is 0 Å². The number of nitrogens with zero attached hydrogens (tertiary/aromatic N) is 2. The highest BCUT2D eigenvalue weighted by atomic mass is 79.9. The van der Waals surface area contributed by atoms with Gasteiger partial charge in [0.05, 0.1) is 6.07 Å². The number of hydrogen-bond donors (Lipinski definition) is 0. The molecule has 0 aromatic carbocycles. The number of halogens is 1. The predicted octanol–water partition coefficient (Wildman–Crippen LogP) is 0.555. The molecule has 0 aliphatic rings. The van der Waals surface area contributed by atoms with Crippen molar-refractivity contribution in [3.05, 3.63) is 0 Å². The Bertz CT molecular complexity index is 270. The van der Waals surface area contributed by atoms with Crippen LogP contribution in [0.2, 0.25) is 0 Å². The Kier molecular flexibility index (Phi) is 4.75. The molecule has 0 bridgehead atoms. The van der Waals surface area contributed by atoms with Crippen LogP contribution in [-0.4, -0.2) is 36.9 Å². The van der Waals surface area contributed by atoms with Gasteiger partial charge in [-0.25, -0.2) is 12.7 Å². The van der Waals surface area contributed by atoms with Crippen molar-refractivity contribution in [3.8, 4) is 6.07 Å². The summed E-state index contributed by atoms with van der Waals surface area (Å²) >= 11 is 3.12. The Balaban J connectivity index is 4.53. The number of nitriles is 1. The van der Waals surface area contributed by atoms with Crippen molar-refractivity contribution >= 4 is 26.0 Å². The van der Waals surface area contributed by atoms with Crippen LogP contribution in [0.1, 0.15) is 6.92 Å². The second-order valence-electron chi connectivity index (χ2n) is 2.33. The van der Waals surface area contributed by atoms with Gasteiger partial charge in [0.15, 0.2) is 5.25 Å². The molecule has 0 aliphatic carbocycles. The molecule has 70 valence electrons. The zero-order valence-electron chi connectivity index (χ0n) is 6.99.